The number of aliphatic hydroxyl groups is 1. The molecule has 0 saturated heterocycles. The van der Waals surface area contributed by atoms with Crippen molar-refractivity contribution in [3.8, 4) is 0 Å². The van der Waals surface area contributed by atoms with Crippen molar-refractivity contribution in [2.45, 2.75) is 420 Å². The Morgan fingerprint density at radius 2 is 0.526 bits per heavy atom. The van der Waals surface area contributed by atoms with Gasteiger partial charge in [0.15, 0.2) is 12.2 Å². The number of unbranched alkanes of at least 4 members (excludes halogenated alkanes) is 43. The van der Waals surface area contributed by atoms with E-state index in [9.17, 15) is 43.2 Å². The van der Waals surface area contributed by atoms with Crippen LogP contribution < -0.4 is 0 Å². The average molecular weight is 1420 g/mol. The van der Waals surface area contributed by atoms with Gasteiger partial charge < -0.3 is 33.8 Å². The van der Waals surface area contributed by atoms with E-state index in [1.54, 1.807) is 0 Å². The zero-order valence-corrected chi connectivity index (χ0v) is 65.3. The molecule has 0 aromatic carbocycles. The quantitative estimate of drug-likeness (QED) is 0.0222. The molecule has 0 rings (SSSR count). The van der Waals surface area contributed by atoms with Gasteiger partial charge in [0.2, 0.25) is 0 Å². The Hall–Kier alpha value is -1.94. The summed E-state index contributed by atoms with van der Waals surface area (Å²) in [5, 5.41) is 10.6. The van der Waals surface area contributed by atoms with Gasteiger partial charge in [-0.3, -0.25) is 37.3 Å². The summed E-state index contributed by atoms with van der Waals surface area (Å²) in [5.74, 6) is 0.149. The molecule has 0 heterocycles. The second-order valence-electron chi connectivity index (χ2n) is 29.3. The van der Waals surface area contributed by atoms with E-state index in [0.717, 1.165) is 108 Å². The molecule has 0 spiro atoms. The van der Waals surface area contributed by atoms with Crippen LogP contribution in [0.1, 0.15) is 402 Å². The van der Waals surface area contributed by atoms with Crippen molar-refractivity contribution in [2.75, 3.05) is 39.6 Å². The summed E-state index contributed by atoms with van der Waals surface area (Å²) in [6.45, 7) is 11.9. The summed E-state index contributed by atoms with van der Waals surface area (Å²) in [5.41, 5.74) is 0. The molecule has 97 heavy (non-hydrogen) atoms. The maximum atomic E-state index is 13.1. The molecule has 6 atom stereocenters. The lowest BCUT2D eigenvalue weighted by atomic mass is 9.99. The SMILES string of the molecule is CCCCCCCCCCCCCCCCCC(=O)OC[C@H](COP(=O)(O)OC[C@@H](O)COP(=O)(O)OC[C@@H](COC(=O)CCCCCCCCC(C)C)OC(=O)CCCCCCCCCCC(C)C)OC(=O)CCCCCCCCCCCCCCCCCCCCC(C)CC. The predicted molar refractivity (Wildman–Crippen MR) is 395 cm³/mol. The van der Waals surface area contributed by atoms with Crippen LogP contribution in [0.5, 0.6) is 0 Å². The fraction of sp³-hybridized carbons (Fsp3) is 0.949. The van der Waals surface area contributed by atoms with E-state index < -0.39 is 97.5 Å². The maximum Gasteiger partial charge on any atom is 0.472 e. The van der Waals surface area contributed by atoms with Crippen molar-refractivity contribution in [3.05, 3.63) is 0 Å². The molecule has 0 aliphatic rings. The van der Waals surface area contributed by atoms with E-state index in [1.807, 2.05) is 0 Å². The molecule has 3 unspecified atom stereocenters. The highest BCUT2D eigenvalue weighted by atomic mass is 31.2. The van der Waals surface area contributed by atoms with E-state index in [0.29, 0.717) is 31.6 Å². The number of phosphoric acid groups is 2. The van der Waals surface area contributed by atoms with Crippen LogP contribution in [0.3, 0.4) is 0 Å². The van der Waals surface area contributed by atoms with Crippen LogP contribution in [0.4, 0.5) is 0 Å². The summed E-state index contributed by atoms with van der Waals surface area (Å²) in [7, 11) is -9.91. The molecule has 0 fully saturated rings. The standard InChI is InChI=1S/C78H152O17P2/c1-8-10-11-12-13-14-15-16-21-25-28-31-37-45-52-59-75(80)88-65-73(94-77(82)61-54-47-38-32-29-26-23-20-18-17-19-22-24-27-30-36-44-51-58-71(7)9-2)67-92-96(84,85)90-63-72(79)64-91-97(86,87)93-68-74(66-89-76(81)60-53-46-41-40-43-50-57-70(5)6)95-78(83)62-55-48-39-34-33-35-42-49-56-69(3)4/h69-74,79H,8-68H2,1-7H3,(H,84,85)(H,86,87)/t71?,72-,73-,74-/m1/s1. The van der Waals surface area contributed by atoms with E-state index in [4.69, 9.17) is 37.0 Å². The molecule has 0 saturated carbocycles. The first-order valence-corrected chi connectivity index (χ1v) is 43.4. The highest BCUT2D eigenvalue weighted by Crippen LogP contribution is 2.45. The number of hydrogen-bond acceptors (Lipinski definition) is 15. The Balaban J connectivity index is 5.19. The van der Waals surface area contributed by atoms with Gasteiger partial charge >= 0.3 is 39.5 Å². The molecule has 0 aromatic heterocycles. The van der Waals surface area contributed by atoms with Crippen LogP contribution >= 0.6 is 15.6 Å². The number of esters is 4. The molecule has 17 nitrogen and oxygen atoms in total. The molecule has 3 N–H and O–H groups in total. The fourth-order valence-electron chi connectivity index (χ4n) is 11.9. The second kappa shape index (κ2) is 68.5. The maximum absolute atomic E-state index is 13.1. The van der Waals surface area contributed by atoms with Crippen LogP contribution in [-0.2, 0) is 65.4 Å². The smallest absolute Gasteiger partial charge is 0.462 e. The number of phosphoric ester groups is 2. The largest absolute Gasteiger partial charge is 0.472 e. The van der Waals surface area contributed by atoms with E-state index in [-0.39, 0.29) is 25.7 Å². The number of hydrogen-bond donors (Lipinski definition) is 3. The minimum absolute atomic E-state index is 0.103. The second-order valence-corrected chi connectivity index (χ2v) is 32.2. The summed E-state index contributed by atoms with van der Waals surface area (Å²) in [6.07, 6.45) is 55.8. The lowest BCUT2D eigenvalue weighted by molar-refractivity contribution is -0.161. The molecule has 0 aliphatic carbocycles. The fourth-order valence-corrected chi connectivity index (χ4v) is 13.5. The van der Waals surface area contributed by atoms with Gasteiger partial charge in [0.1, 0.15) is 19.3 Å². The van der Waals surface area contributed by atoms with Gasteiger partial charge in [-0.25, -0.2) is 9.13 Å². The van der Waals surface area contributed by atoms with Crippen LogP contribution in [0.2, 0.25) is 0 Å². The third-order valence-electron chi connectivity index (χ3n) is 18.5. The number of carbonyl (C=O) groups is 4. The highest BCUT2D eigenvalue weighted by molar-refractivity contribution is 7.47. The summed E-state index contributed by atoms with van der Waals surface area (Å²) in [6, 6.07) is 0. The predicted octanol–water partition coefficient (Wildman–Crippen LogP) is 23.0. The first-order valence-electron chi connectivity index (χ1n) is 40.4. The first-order chi connectivity index (χ1) is 46.8. The van der Waals surface area contributed by atoms with Gasteiger partial charge in [0.05, 0.1) is 26.4 Å². The monoisotopic (exact) mass is 1420 g/mol. The Morgan fingerprint density at radius 3 is 0.784 bits per heavy atom. The molecular weight excluding hydrogens is 1270 g/mol. The molecule has 576 valence electrons. The van der Waals surface area contributed by atoms with Crippen molar-refractivity contribution in [2.24, 2.45) is 17.8 Å². The Kier molecular flexibility index (Phi) is 67.1. The molecule has 0 bridgehead atoms. The van der Waals surface area contributed by atoms with Gasteiger partial charge in [0, 0.05) is 25.7 Å². The van der Waals surface area contributed by atoms with Gasteiger partial charge in [-0.05, 0) is 43.4 Å². The van der Waals surface area contributed by atoms with Crippen LogP contribution in [0.25, 0.3) is 0 Å². The van der Waals surface area contributed by atoms with E-state index >= 15 is 0 Å². The lowest BCUT2D eigenvalue weighted by Crippen LogP contribution is -2.30. The molecule has 0 aromatic rings. The average Bonchev–Trinajstić information content (AvgIpc) is 1.40. The first kappa shape index (κ1) is 95.1. The highest BCUT2D eigenvalue weighted by Gasteiger charge is 2.30. The summed E-state index contributed by atoms with van der Waals surface area (Å²) >= 11 is 0. The third kappa shape index (κ3) is 70.9. The molecule has 0 aliphatic heterocycles. The molecule has 0 radical (unpaired) electrons. The topological polar surface area (TPSA) is 237 Å². The van der Waals surface area contributed by atoms with Gasteiger partial charge in [-0.1, -0.05) is 350 Å². The van der Waals surface area contributed by atoms with Crippen molar-refractivity contribution in [1.29, 1.82) is 0 Å². The molecular formula is C78H152O17P2. The van der Waals surface area contributed by atoms with E-state index in [2.05, 4.69) is 48.5 Å². The van der Waals surface area contributed by atoms with Crippen LogP contribution in [0, 0.1) is 17.8 Å². The molecule has 19 heteroatoms. The Bertz CT molecular complexity index is 1890. The Morgan fingerprint density at radius 1 is 0.299 bits per heavy atom. The third-order valence-corrected chi connectivity index (χ3v) is 20.4. The van der Waals surface area contributed by atoms with Crippen LogP contribution in [0.15, 0.2) is 0 Å². The van der Waals surface area contributed by atoms with Crippen molar-refractivity contribution < 1.29 is 80.2 Å². The zero-order chi connectivity index (χ0) is 71.6. The molecule has 0 amide bonds. The summed E-state index contributed by atoms with van der Waals surface area (Å²) < 4.78 is 68.5. The number of aliphatic hydroxyl groups excluding tert-OH is 1. The van der Waals surface area contributed by atoms with Crippen LogP contribution in [-0.4, -0.2) is 96.7 Å². The number of rotatable bonds is 76. The van der Waals surface area contributed by atoms with Crippen molar-refractivity contribution in [3.63, 3.8) is 0 Å². The lowest BCUT2D eigenvalue weighted by Gasteiger charge is -2.21. The zero-order valence-electron chi connectivity index (χ0n) is 63.5. The van der Waals surface area contributed by atoms with Gasteiger partial charge in [-0.2, -0.15) is 0 Å². The minimum Gasteiger partial charge on any atom is -0.462 e. The van der Waals surface area contributed by atoms with Crippen molar-refractivity contribution in [1.82, 2.24) is 0 Å². The van der Waals surface area contributed by atoms with E-state index in [1.165, 1.54) is 205 Å². The number of ether oxygens (including phenoxy) is 4. The van der Waals surface area contributed by atoms with Gasteiger partial charge in [-0.15, -0.1) is 0 Å². The van der Waals surface area contributed by atoms with Crippen molar-refractivity contribution >= 4 is 39.5 Å². The van der Waals surface area contributed by atoms with Gasteiger partial charge in [0.25, 0.3) is 0 Å². The normalized spacial score (nSPS) is 14.3. The minimum atomic E-state index is -4.96. The summed E-state index contributed by atoms with van der Waals surface area (Å²) in [4.78, 5) is 72.8. The number of carbonyl (C=O) groups excluding carboxylic acids is 4. The Labute approximate surface area is 594 Å².